The lowest BCUT2D eigenvalue weighted by molar-refractivity contribution is -0.212. The van der Waals surface area contributed by atoms with Crippen LogP contribution in [0.1, 0.15) is 58.8 Å². The molecular weight excluding hydrogens is 304 g/mol. The Morgan fingerprint density at radius 1 is 1.21 bits per heavy atom. The maximum absolute atomic E-state index is 12.1. The molecule has 0 heterocycles. The lowest BCUT2D eigenvalue weighted by atomic mass is 9.40. The highest BCUT2D eigenvalue weighted by molar-refractivity contribution is 5.75. The van der Waals surface area contributed by atoms with Gasteiger partial charge in [-0.2, -0.15) is 0 Å². The zero-order chi connectivity index (χ0) is 17.5. The fraction of sp³-hybridized carbons (Fsp3) is 0.850. The molecule has 24 heavy (non-hydrogen) atoms. The van der Waals surface area contributed by atoms with Crippen LogP contribution in [0.3, 0.4) is 0 Å². The van der Waals surface area contributed by atoms with Crippen molar-refractivity contribution >= 4 is 5.97 Å². The maximum Gasteiger partial charge on any atom is 0.309 e. The van der Waals surface area contributed by atoms with E-state index in [9.17, 15) is 20.1 Å². The number of aliphatic hydroxyl groups excluding tert-OH is 2. The molecule has 0 amide bonds. The summed E-state index contributed by atoms with van der Waals surface area (Å²) in [5.41, 5.74) is -0.331. The van der Waals surface area contributed by atoms with Gasteiger partial charge < -0.3 is 15.3 Å². The molecule has 0 radical (unpaired) electrons. The number of hydrogen-bond donors (Lipinski definition) is 3. The van der Waals surface area contributed by atoms with Crippen molar-refractivity contribution in [2.75, 3.05) is 0 Å². The Hall–Kier alpha value is -0.870. The van der Waals surface area contributed by atoms with Gasteiger partial charge in [-0.25, -0.2) is 0 Å². The lowest BCUT2D eigenvalue weighted by Crippen LogP contribution is -2.63. The largest absolute Gasteiger partial charge is 0.481 e. The van der Waals surface area contributed by atoms with Crippen molar-refractivity contribution in [3.05, 3.63) is 12.2 Å². The predicted octanol–water partition coefficient (Wildman–Crippen LogP) is 2.98. The predicted molar refractivity (Wildman–Crippen MR) is 90.2 cm³/mol. The molecule has 4 aliphatic rings. The summed E-state index contributed by atoms with van der Waals surface area (Å²) >= 11 is 0. The third-order valence-electron chi connectivity index (χ3n) is 8.65. The van der Waals surface area contributed by atoms with Gasteiger partial charge in [-0.3, -0.25) is 4.79 Å². The highest BCUT2D eigenvalue weighted by Gasteiger charge is 2.69. The Morgan fingerprint density at radius 3 is 2.58 bits per heavy atom. The fourth-order valence-corrected chi connectivity index (χ4v) is 7.73. The van der Waals surface area contributed by atoms with E-state index in [4.69, 9.17) is 0 Å². The molecule has 0 aromatic carbocycles. The van der Waals surface area contributed by atoms with Gasteiger partial charge in [0.1, 0.15) is 0 Å². The SMILES string of the molecule is C=C1[C@H]2C[C@@H](O)[C@H]3[C@]4(C)CCC[C@@](C)(C(=O)O)[C@H]4CC[C@]3(C2)[C@H]1O. The van der Waals surface area contributed by atoms with Crippen LogP contribution < -0.4 is 0 Å². The number of carbonyl (C=O) groups is 1. The molecule has 0 aliphatic heterocycles. The summed E-state index contributed by atoms with van der Waals surface area (Å²) in [6, 6.07) is 0. The lowest BCUT2D eigenvalue weighted by Gasteiger charge is -2.64. The molecule has 0 aromatic rings. The number of aliphatic carboxylic acids is 1. The third-order valence-corrected chi connectivity index (χ3v) is 8.65. The molecule has 4 aliphatic carbocycles. The van der Waals surface area contributed by atoms with Crippen LogP contribution in [0, 0.1) is 34.0 Å². The molecule has 2 bridgehead atoms. The van der Waals surface area contributed by atoms with Gasteiger partial charge in [0, 0.05) is 5.41 Å². The van der Waals surface area contributed by atoms with Crippen LogP contribution in [0.15, 0.2) is 12.2 Å². The van der Waals surface area contributed by atoms with E-state index >= 15 is 0 Å². The van der Waals surface area contributed by atoms with Crippen molar-refractivity contribution in [3.63, 3.8) is 0 Å². The second kappa shape index (κ2) is 4.85. The van der Waals surface area contributed by atoms with Crippen LogP contribution in [-0.4, -0.2) is 33.5 Å². The Morgan fingerprint density at radius 2 is 1.92 bits per heavy atom. The molecule has 0 aromatic heterocycles. The quantitative estimate of drug-likeness (QED) is 0.644. The molecule has 4 nitrogen and oxygen atoms in total. The minimum absolute atomic E-state index is 0.0202. The molecule has 4 rings (SSSR count). The van der Waals surface area contributed by atoms with E-state index in [1.54, 1.807) is 0 Å². The van der Waals surface area contributed by atoms with Crippen LogP contribution in [0.4, 0.5) is 0 Å². The van der Waals surface area contributed by atoms with E-state index in [0.29, 0.717) is 6.42 Å². The Bertz CT molecular complexity index is 600. The minimum atomic E-state index is -0.717. The van der Waals surface area contributed by atoms with Crippen molar-refractivity contribution in [1.29, 1.82) is 0 Å². The summed E-state index contributed by atoms with van der Waals surface area (Å²) < 4.78 is 0. The van der Waals surface area contributed by atoms with Crippen LogP contribution in [0.5, 0.6) is 0 Å². The highest BCUT2D eigenvalue weighted by Crippen LogP contribution is 2.72. The highest BCUT2D eigenvalue weighted by atomic mass is 16.4. The maximum atomic E-state index is 12.1. The molecule has 8 atom stereocenters. The van der Waals surface area contributed by atoms with E-state index in [1.165, 1.54) is 0 Å². The number of carboxylic acid groups (broad SMARTS) is 1. The summed E-state index contributed by atoms with van der Waals surface area (Å²) in [5.74, 6) is -0.429. The number of rotatable bonds is 1. The molecular formula is C20H30O4. The molecule has 3 N–H and O–H groups in total. The van der Waals surface area contributed by atoms with Crippen LogP contribution >= 0.6 is 0 Å². The normalized spacial score (nSPS) is 56.5. The van der Waals surface area contributed by atoms with E-state index in [0.717, 1.165) is 44.1 Å². The second-order valence-electron chi connectivity index (χ2n) is 9.57. The number of hydrogen-bond acceptors (Lipinski definition) is 3. The Balaban J connectivity index is 1.82. The van der Waals surface area contributed by atoms with Gasteiger partial charge in [0.25, 0.3) is 0 Å². The first kappa shape index (κ1) is 16.6. The smallest absolute Gasteiger partial charge is 0.309 e. The average Bonchev–Trinajstić information content (AvgIpc) is 2.68. The number of aliphatic hydroxyl groups is 2. The van der Waals surface area contributed by atoms with Gasteiger partial charge in [-0.05, 0) is 74.2 Å². The molecule has 4 fully saturated rings. The summed E-state index contributed by atoms with van der Waals surface area (Å²) in [5, 5.41) is 31.9. The zero-order valence-corrected chi connectivity index (χ0v) is 14.8. The molecule has 1 spiro atoms. The number of carboxylic acids is 1. The summed E-state index contributed by atoms with van der Waals surface area (Å²) in [7, 11) is 0. The Labute approximate surface area is 144 Å². The summed E-state index contributed by atoms with van der Waals surface area (Å²) in [4.78, 5) is 12.1. The van der Waals surface area contributed by atoms with E-state index < -0.39 is 23.6 Å². The van der Waals surface area contributed by atoms with Gasteiger partial charge in [-0.15, -0.1) is 0 Å². The van der Waals surface area contributed by atoms with E-state index in [1.807, 2.05) is 6.92 Å². The molecule has 4 saturated carbocycles. The van der Waals surface area contributed by atoms with Gasteiger partial charge in [0.2, 0.25) is 0 Å². The Kier molecular flexibility index (Phi) is 3.35. The van der Waals surface area contributed by atoms with Crippen molar-refractivity contribution in [2.24, 2.45) is 34.0 Å². The van der Waals surface area contributed by atoms with Gasteiger partial charge in [0.15, 0.2) is 0 Å². The first-order chi connectivity index (χ1) is 11.2. The molecule has 134 valence electrons. The minimum Gasteiger partial charge on any atom is -0.481 e. The monoisotopic (exact) mass is 334 g/mol. The van der Waals surface area contributed by atoms with Crippen LogP contribution in [-0.2, 0) is 4.79 Å². The molecule has 4 heteroatoms. The van der Waals surface area contributed by atoms with Gasteiger partial charge >= 0.3 is 5.97 Å². The van der Waals surface area contributed by atoms with Crippen LogP contribution in [0.25, 0.3) is 0 Å². The topological polar surface area (TPSA) is 77.8 Å². The van der Waals surface area contributed by atoms with Crippen molar-refractivity contribution < 1.29 is 20.1 Å². The molecule has 0 saturated heterocycles. The summed E-state index contributed by atoms with van der Waals surface area (Å²) in [6.07, 6.45) is 4.80. The van der Waals surface area contributed by atoms with Crippen molar-refractivity contribution in [3.8, 4) is 0 Å². The van der Waals surface area contributed by atoms with E-state index in [2.05, 4.69) is 13.5 Å². The summed E-state index contributed by atoms with van der Waals surface area (Å²) in [6.45, 7) is 8.22. The van der Waals surface area contributed by atoms with Gasteiger partial charge in [-0.1, -0.05) is 19.9 Å². The fourth-order valence-electron chi connectivity index (χ4n) is 7.73. The first-order valence-corrected chi connectivity index (χ1v) is 9.45. The van der Waals surface area contributed by atoms with Gasteiger partial charge in [0.05, 0.1) is 17.6 Å². The van der Waals surface area contributed by atoms with Crippen molar-refractivity contribution in [2.45, 2.75) is 71.0 Å². The van der Waals surface area contributed by atoms with E-state index in [-0.39, 0.29) is 28.6 Å². The second-order valence-corrected chi connectivity index (χ2v) is 9.57. The number of fused-ring (bicyclic) bond motifs is 3. The standard InChI is InChI=1S/C20H30O4/c1-11-12-9-13(21)15-18(2)6-4-7-19(3,17(23)24)14(18)5-8-20(15,10-12)16(11)22/h12-16,21-22H,1,4-10H2,2-3H3,(H,23,24)/t12-,13+,14-,15-,16-,18+,19+,20+/m0/s1. The average molecular weight is 334 g/mol. The van der Waals surface area contributed by atoms with Crippen LogP contribution in [0.2, 0.25) is 0 Å². The molecule has 0 unspecified atom stereocenters. The first-order valence-electron chi connectivity index (χ1n) is 9.45. The zero-order valence-electron chi connectivity index (χ0n) is 14.8. The third kappa shape index (κ3) is 1.74. The van der Waals surface area contributed by atoms with Crippen molar-refractivity contribution in [1.82, 2.24) is 0 Å².